The van der Waals surface area contributed by atoms with Gasteiger partial charge in [0.1, 0.15) is 5.75 Å². The molecular weight excluding hydrogens is 737 g/mol. The first-order chi connectivity index (χ1) is 27.4. The van der Waals surface area contributed by atoms with Crippen molar-refractivity contribution < 1.29 is 22.7 Å². The van der Waals surface area contributed by atoms with Crippen LogP contribution in [0.4, 0.5) is 0 Å². The number of nitrogens with zero attached hydrogens (tertiary/aromatic N) is 5. The second kappa shape index (κ2) is 14.8. The average molecular weight is 793 g/mol. The molecule has 2 aromatic carbocycles. The number of hydrogen-bond acceptors (Lipinski definition) is 7. The largest absolute Gasteiger partial charge is 0.497 e. The topological polar surface area (TPSA) is 119 Å². The number of carbonyl (C=O) groups is 2. The van der Waals surface area contributed by atoms with Gasteiger partial charge in [0.25, 0.3) is 5.91 Å². The molecule has 4 fully saturated rings. The van der Waals surface area contributed by atoms with E-state index in [9.17, 15) is 18.0 Å². The molecule has 5 aliphatic rings. The number of rotatable bonds is 10. The fourth-order valence-corrected chi connectivity index (χ4v) is 11.0. The van der Waals surface area contributed by atoms with Crippen LogP contribution in [-0.4, -0.2) is 88.5 Å². The van der Waals surface area contributed by atoms with E-state index < -0.39 is 21.2 Å². The summed E-state index contributed by atoms with van der Waals surface area (Å²) in [5.74, 6) is 0.674. The number of sulfonamides is 1. The lowest BCUT2D eigenvalue weighted by Gasteiger charge is -2.34. The lowest BCUT2D eigenvalue weighted by molar-refractivity contribution is -0.118. The predicted octanol–water partition coefficient (Wildman–Crippen LogP) is 7.46. The minimum absolute atomic E-state index is 0.0581. The number of hydrogen-bond donors (Lipinski definition) is 1. The molecule has 5 heterocycles. The second-order valence-electron chi connectivity index (χ2n) is 17.4. The van der Waals surface area contributed by atoms with E-state index in [2.05, 4.69) is 61.0 Å². The Hall–Kier alpha value is -4.42. The molecule has 2 saturated carbocycles. The van der Waals surface area contributed by atoms with Crippen molar-refractivity contribution in [3.63, 3.8) is 0 Å². The van der Waals surface area contributed by atoms with Crippen molar-refractivity contribution in [3.8, 4) is 17.0 Å². The molecule has 0 unspecified atom stereocenters. The molecular formula is C45H56N6O5S. The number of carbonyl (C=O) groups excluding carboxylic acids is 2. The van der Waals surface area contributed by atoms with E-state index in [1.807, 2.05) is 19.1 Å². The first kappa shape index (κ1) is 38.1. The number of likely N-dealkylation sites (N-methyl/N-ethyl adjacent to an activating group) is 1. The SMILES string of the molecule is CCN1C[C@@H]2C[C@H]1CN2C(=O)c1c(C)nn(C2CCC2)c1C1=Cc2cc(OC)ccc2-c2c(C3CCCCC3)c3ccc(CC(=O)NS(=O)(=O)C(C)C)cc3n2C1. The van der Waals surface area contributed by atoms with Gasteiger partial charge in [0.05, 0.1) is 54.0 Å². The van der Waals surface area contributed by atoms with E-state index in [-0.39, 0.29) is 24.4 Å². The molecule has 0 radical (unpaired) electrons. The molecule has 2 atom stereocenters. The zero-order valence-electron chi connectivity index (χ0n) is 34.0. The molecule has 12 heteroatoms. The minimum Gasteiger partial charge on any atom is -0.497 e. The third kappa shape index (κ3) is 6.60. The number of nitrogens with one attached hydrogen (secondary N) is 1. The molecule has 3 aliphatic heterocycles. The lowest BCUT2D eigenvalue weighted by atomic mass is 9.81. The molecule has 2 bridgehead atoms. The number of likely N-dealkylation sites (tertiary alicyclic amines) is 2. The van der Waals surface area contributed by atoms with E-state index in [1.165, 1.54) is 30.5 Å². The van der Waals surface area contributed by atoms with Gasteiger partial charge >= 0.3 is 0 Å². The monoisotopic (exact) mass is 792 g/mol. The second-order valence-corrected chi connectivity index (χ2v) is 19.6. The van der Waals surface area contributed by atoms with Gasteiger partial charge in [-0.05, 0) is 124 Å². The Morgan fingerprint density at radius 3 is 2.40 bits per heavy atom. The van der Waals surface area contributed by atoms with E-state index in [0.717, 1.165) is 108 Å². The highest BCUT2D eigenvalue weighted by atomic mass is 32.2. The number of piperazine rings is 1. The fourth-order valence-electron chi connectivity index (χ4n) is 10.4. The molecule has 1 N–H and O–H groups in total. The van der Waals surface area contributed by atoms with Crippen LogP contribution in [0.3, 0.4) is 0 Å². The Bertz CT molecular complexity index is 2400. The van der Waals surface area contributed by atoms with Crippen LogP contribution in [0.15, 0.2) is 36.4 Å². The summed E-state index contributed by atoms with van der Waals surface area (Å²) in [6, 6.07) is 13.4. The average Bonchev–Trinajstić information content (AvgIpc) is 3.91. The number of aromatic nitrogens is 3. The summed E-state index contributed by atoms with van der Waals surface area (Å²) in [6.45, 7) is 10.5. The maximum Gasteiger partial charge on any atom is 0.258 e. The van der Waals surface area contributed by atoms with Crippen LogP contribution in [0.1, 0.15) is 129 Å². The van der Waals surface area contributed by atoms with Crippen molar-refractivity contribution in [3.05, 3.63) is 70.0 Å². The zero-order valence-corrected chi connectivity index (χ0v) is 34.8. The first-order valence-corrected chi connectivity index (χ1v) is 22.7. The van der Waals surface area contributed by atoms with Crippen LogP contribution >= 0.6 is 0 Å². The number of benzene rings is 2. The summed E-state index contributed by atoms with van der Waals surface area (Å²) in [5.41, 5.74) is 9.83. The van der Waals surface area contributed by atoms with Crippen molar-refractivity contribution in [2.75, 3.05) is 26.7 Å². The number of fused-ring (bicyclic) bond motifs is 7. The summed E-state index contributed by atoms with van der Waals surface area (Å²) in [6.07, 6.45) is 12.2. The van der Waals surface area contributed by atoms with Crippen LogP contribution in [0.2, 0.25) is 0 Å². The van der Waals surface area contributed by atoms with E-state index in [0.29, 0.717) is 24.1 Å². The quantitative estimate of drug-likeness (QED) is 0.177. The highest BCUT2D eigenvalue weighted by molar-refractivity contribution is 7.90. The Balaban J connectivity index is 1.22. The maximum absolute atomic E-state index is 15.0. The third-order valence-corrected chi connectivity index (χ3v) is 15.4. The van der Waals surface area contributed by atoms with Crippen molar-refractivity contribution in [1.82, 2.24) is 28.9 Å². The van der Waals surface area contributed by atoms with Crippen LogP contribution < -0.4 is 9.46 Å². The van der Waals surface area contributed by atoms with Crippen LogP contribution in [0.5, 0.6) is 5.75 Å². The summed E-state index contributed by atoms with van der Waals surface area (Å²) >= 11 is 0. The number of ether oxygens (including phenoxy) is 1. The van der Waals surface area contributed by atoms with E-state index in [1.54, 1.807) is 21.0 Å². The van der Waals surface area contributed by atoms with Crippen molar-refractivity contribution in [2.45, 2.75) is 128 Å². The molecule has 4 aromatic rings. The summed E-state index contributed by atoms with van der Waals surface area (Å²) in [5, 5.41) is 5.63. The highest BCUT2D eigenvalue weighted by Gasteiger charge is 2.46. The lowest BCUT2D eigenvalue weighted by Crippen LogP contribution is -2.48. The molecule has 57 heavy (non-hydrogen) atoms. The van der Waals surface area contributed by atoms with Gasteiger partial charge in [-0.3, -0.25) is 23.9 Å². The van der Waals surface area contributed by atoms with Gasteiger partial charge in [0, 0.05) is 41.6 Å². The maximum atomic E-state index is 15.0. The van der Waals surface area contributed by atoms with Crippen molar-refractivity contribution >= 4 is 44.4 Å². The summed E-state index contributed by atoms with van der Waals surface area (Å²) in [4.78, 5) is 32.8. The molecule has 0 spiro atoms. The molecule has 2 amide bonds. The van der Waals surface area contributed by atoms with Gasteiger partial charge in [0.15, 0.2) is 0 Å². The molecule has 9 rings (SSSR count). The van der Waals surface area contributed by atoms with Gasteiger partial charge in [-0.1, -0.05) is 38.3 Å². The number of aryl methyl sites for hydroxylation is 1. The van der Waals surface area contributed by atoms with Crippen LogP contribution in [0, 0.1) is 6.92 Å². The molecule has 2 aliphatic carbocycles. The van der Waals surface area contributed by atoms with Gasteiger partial charge in [-0.15, -0.1) is 0 Å². The Labute approximate surface area is 336 Å². The normalized spacial score (nSPS) is 21.4. The third-order valence-electron chi connectivity index (χ3n) is 13.6. The standard InChI is InChI=1S/C45H56N6O5S/c1-6-48-25-35-23-34(48)26-49(35)45(53)41-28(4)46-51(33-13-10-14-33)43(41)32-21-31-22-36(56-5)16-18-37(31)44-42(30-11-8-7-9-12-30)38-17-15-29(19-39(38)50(44)24-32)20-40(52)47-57(54,55)27(2)3/h15-19,21-22,27,30,33-35H,6-14,20,23-26H2,1-5H3,(H,47,52)/t34-,35-/m0/s1. The molecule has 11 nitrogen and oxygen atoms in total. The molecule has 302 valence electrons. The summed E-state index contributed by atoms with van der Waals surface area (Å²) in [7, 11) is -2.06. The van der Waals surface area contributed by atoms with Gasteiger partial charge in [-0.25, -0.2) is 8.42 Å². The number of allylic oxidation sites excluding steroid dienone is 1. The predicted molar refractivity (Wildman–Crippen MR) is 224 cm³/mol. The summed E-state index contributed by atoms with van der Waals surface area (Å²) < 4.78 is 37.9. The number of amides is 2. The van der Waals surface area contributed by atoms with Gasteiger partial charge in [-0.2, -0.15) is 5.10 Å². The van der Waals surface area contributed by atoms with Gasteiger partial charge in [0.2, 0.25) is 15.9 Å². The van der Waals surface area contributed by atoms with Crippen LogP contribution in [0.25, 0.3) is 33.8 Å². The first-order valence-electron chi connectivity index (χ1n) is 21.2. The number of methoxy groups -OCH3 is 1. The van der Waals surface area contributed by atoms with Crippen LogP contribution in [-0.2, 0) is 27.8 Å². The van der Waals surface area contributed by atoms with E-state index >= 15 is 0 Å². The molecule has 2 saturated heterocycles. The Kier molecular flexibility index (Phi) is 9.86. The van der Waals surface area contributed by atoms with Gasteiger partial charge < -0.3 is 14.2 Å². The van der Waals surface area contributed by atoms with Crippen molar-refractivity contribution in [1.29, 1.82) is 0 Å². The van der Waals surface area contributed by atoms with Crippen molar-refractivity contribution in [2.24, 2.45) is 0 Å². The fraction of sp³-hybridized carbons (Fsp3) is 0.533. The Morgan fingerprint density at radius 1 is 0.947 bits per heavy atom. The smallest absolute Gasteiger partial charge is 0.258 e. The minimum atomic E-state index is -3.76. The molecule has 2 aromatic heterocycles. The highest BCUT2D eigenvalue weighted by Crippen LogP contribution is 2.49. The Morgan fingerprint density at radius 2 is 1.74 bits per heavy atom. The zero-order chi connectivity index (χ0) is 39.7. The van der Waals surface area contributed by atoms with E-state index in [4.69, 9.17) is 9.84 Å².